The first-order chi connectivity index (χ1) is 12.6. The molecule has 1 N–H and O–H groups in total. The lowest BCUT2D eigenvalue weighted by atomic mass is 10.0. The van der Waals surface area contributed by atoms with E-state index in [1.54, 1.807) is 0 Å². The fraction of sp³-hybridized carbons (Fsp3) is 0.500. The first kappa shape index (κ1) is 17.2. The molecule has 1 spiro atoms. The monoisotopic (exact) mass is 354 g/mol. The number of rotatable bonds is 4. The van der Waals surface area contributed by atoms with Gasteiger partial charge in [0, 0.05) is 43.7 Å². The molecule has 2 aliphatic heterocycles. The molecule has 1 unspecified atom stereocenters. The number of nitrogens with one attached hydrogen (secondary N) is 1. The highest BCUT2D eigenvalue weighted by molar-refractivity contribution is 5.45. The largest absolute Gasteiger partial charge is 0.363 e. The van der Waals surface area contributed by atoms with Crippen molar-refractivity contribution < 1.29 is 9.47 Å². The summed E-state index contributed by atoms with van der Waals surface area (Å²) in [5, 5.41) is 3.50. The van der Waals surface area contributed by atoms with Crippen LogP contribution in [0, 0.1) is 6.92 Å². The molecule has 2 aromatic rings. The Morgan fingerprint density at radius 1 is 1.08 bits per heavy atom. The van der Waals surface area contributed by atoms with Crippen LogP contribution < -0.4 is 10.2 Å². The second kappa shape index (κ2) is 7.21. The Bertz CT molecular complexity index is 737. The van der Waals surface area contributed by atoms with Gasteiger partial charge in [0.25, 0.3) is 0 Å². The predicted molar refractivity (Wildman–Crippen MR) is 101 cm³/mol. The Hall–Kier alpha value is -2.18. The third-order valence-corrected chi connectivity index (χ3v) is 5.13. The van der Waals surface area contributed by atoms with Crippen LogP contribution >= 0.6 is 0 Å². The van der Waals surface area contributed by atoms with Crippen molar-refractivity contribution in [2.45, 2.75) is 38.5 Å². The van der Waals surface area contributed by atoms with Crippen LogP contribution in [0.4, 0.5) is 11.8 Å². The SMILES string of the molecule is Cc1cc(NC(C)c2ccccc2)nc(N2CCC3(CC2)OCCO3)n1. The van der Waals surface area contributed by atoms with Gasteiger partial charge in [0.15, 0.2) is 5.79 Å². The maximum absolute atomic E-state index is 5.81. The van der Waals surface area contributed by atoms with Gasteiger partial charge in [0.05, 0.1) is 13.2 Å². The van der Waals surface area contributed by atoms with Gasteiger partial charge in [-0.25, -0.2) is 4.98 Å². The molecule has 26 heavy (non-hydrogen) atoms. The number of ether oxygens (including phenoxy) is 2. The molecule has 3 heterocycles. The molecule has 0 bridgehead atoms. The minimum absolute atomic E-state index is 0.184. The van der Waals surface area contributed by atoms with Gasteiger partial charge in [-0.05, 0) is 19.4 Å². The van der Waals surface area contributed by atoms with Crippen LogP contribution in [0.25, 0.3) is 0 Å². The van der Waals surface area contributed by atoms with Gasteiger partial charge in [-0.2, -0.15) is 4.98 Å². The summed E-state index contributed by atoms with van der Waals surface area (Å²) in [5.74, 6) is 1.27. The van der Waals surface area contributed by atoms with Crippen molar-refractivity contribution in [3.8, 4) is 0 Å². The van der Waals surface area contributed by atoms with Crippen molar-refractivity contribution in [1.29, 1.82) is 0 Å². The van der Waals surface area contributed by atoms with Gasteiger partial charge < -0.3 is 19.7 Å². The Balaban J connectivity index is 1.46. The fourth-order valence-corrected chi connectivity index (χ4v) is 3.65. The molecule has 0 amide bonds. The van der Waals surface area contributed by atoms with Gasteiger partial charge >= 0.3 is 0 Å². The first-order valence-electron chi connectivity index (χ1n) is 9.34. The minimum Gasteiger partial charge on any atom is -0.363 e. The van der Waals surface area contributed by atoms with Crippen LogP contribution in [0.2, 0.25) is 0 Å². The smallest absolute Gasteiger partial charge is 0.227 e. The summed E-state index contributed by atoms with van der Waals surface area (Å²) in [4.78, 5) is 11.6. The number of aryl methyl sites for hydroxylation is 1. The fourth-order valence-electron chi connectivity index (χ4n) is 3.65. The lowest BCUT2D eigenvalue weighted by Gasteiger charge is -2.37. The maximum atomic E-state index is 5.81. The summed E-state index contributed by atoms with van der Waals surface area (Å²) in [6.07, 6.45) is 1.71. The standard InChI is InChI=1S/C20H26N4O2/c1-15-14-18(22-16(2)17-6-4-3-5-7-17)23-19(21-15)24-10-8-20(9-11-24)25-12-13-26-20/h3-7,14,16H,8-13H2,1-2H3,(H,21,22,23). The van der Waals surface area contributed by atoms with Crippen LogP contribution in [0.1, 0.15) is 37.1 Å². The number of hydrogen-bond donors (Lipinski definition) is 1. The predicted octanol–water partition coefficient (Wildman–Crippen LogP) is 3.30. The zero-order valence-electron chi connectivity index (χ0n) is 15.4. The quantitative estimate of drug-likeness (QED) is 0.909. The van der Waals surface area contributed by atoms with Crippen molar-refractivity contribution in [3.05, 3.63) is 47.7 Å². The summed E-state index contributed by atoms with van der Waals surface area (Å²) in [6, 6.07) is 12.6. The third-order valence-electron chi connectivity index (χ3n) is 5.13. The summed E-state index contributed by atoms with van der Waals surface area (Å²) in [6.45, 7) is 7.25. The third kappa shape index (κ3) is 3.66. The van der Waals surface area contributed by atoms with Crippen LogP contribution in [0.5, 0.6) is 0 Å². The molecule has 138 valence electrons. The van der Waals surface area contributed by atoms with E-state index in [9.17, 15) is 0 Å². The molecule has 6 nitrogen and oxygen atoms in total. The molecular formula is C20H26N4O2. The van der Waals surface area contributed by atoms with Gasteiger partial charge in [-0.15, -0.1) is 0 Å². The van der Waals surface area contributed by atoms with E-state index < -0.39 is 0 Å². The average molecular weight is 354 g/mol. The first-order valence-corrected chi connectivity index (χ1v) is 9.34. The van der Waals surface area contributed by atoms with Crippen LogP contribution in [-0.2, 0) is 9.47 Å². The number of piperidine rings is 1. The second-order valence-electron chi connectivity index (χ2n) is 7.07. The summed E-state index contributed by atoms with van der Waals surface area (Å²) in [7, 11) is 0. The van der Waals surface area contributed by atoms with E-state index in [1.165, 1.54) is 5.56 Å². The molecule has 2 aliphatic rings. The van der Waals surface area contributed by atoms with E-state index in [4.69, 9.17) is 14.5 Å². The lowest BCUT2D eigenvalue weighted by molar-refractivity contribution is -0.169. The van der Waals surface area contributed by atoms with Crippen LogP contribution in [0.15, 0.2) is 36.4 Å². The highest BCUT2D eigenvalue weighted by atomic mass is 16.7. The highest BCUT2D eigenvalue weighted by Gasteiger charge is 2.40. The molecule has 6 heteroatoms. The number of hydrogen-bond acceptors (Lipinski definition) is 6. The molecule has 2 saturated heterocycles. The van der Waals surface area contributed by atoms with E-state index in [-0.39, 0.29) is 11.8 Å². The van der Waals surface area contributed by atoms with E-state index >= 15 is 0 Å². The zero-order valence-corrected chi connectivity index (χ0v) is 15.4. The van der Waals surface area contributed by atoms with Gasteiger partial charge in [0.2, 0.25) is 5.95 Å². The molecule has 4 rings (SSSR count). The molecule has 0 saturated carbocycles. The van der Waals surface area contributed by atoms with Gasteiger partial charge in [-0.3, -0.25) is 0 Å². The van der Waals surface area contributed by atoms with Crippen molar-refractivity contribution in [2.75, 3.05) is 36.5 Å². The van der Waals surface area contributed by atoms with Crippen molar-refractivity contribution >= 4 is 11.8 Å². The van der Waals surface area contributed by atoms with Crippen molar-refractivity contribution in [1.82, 2.24) is 9.97 Å². The number of aromatic nitrogens is 2. The molecule has 2 fully saturated rings. The molecule has 1 aromatic heterocycles. The molecular weight excluding hydrogens is 328 g/mol. The van der Waals surface area contributed by atoms with Crippen molar-refractivity contribution in [3.63, 3.8) is 0 Å². The molecule has 1 aromatic carbocycles. The van der Waals surface area contributed by atoms with E-state index in [0.717, 1.165) is 43.4 Å². The topological polar surface area (TPSA) is 59.5 Å². The highest BCUT2D eigenvalue weighted by Crippen LogP contribution is 2.32. The average Bonchev–Trinajstić information content (AvgIpc) is 3.10. The molecule has 1 atom stereocenters. The van der Waals surface area contributed by atoms with E-state index in [0.29, 0.717) is 13.2 Å². The molecule has 0 radical (unpaired) electrons. The number of benzene rings is 1. The summed E-state index contributed by atoms with van der Waals surface area (Å²) < 4.78 is 11.6. The van der Waals surface area contributed by atoms with E-state index in [2.05, 4.69) is 46.4 Å². The molecule has 0 aliphatic carbocycles. The summed E-state index contributed by atoms with van der Waals surface area (Å²) in [5.41, 5.74) is 2.20. The van der Waals surface area contributed by atoms with Gasteiger partial charge in [-0.1, -0.05) is 30.3 Å². The van der Waals surface area contributed by atoms with Crippen molar-refractivity contribution in [2.24, 2.45) is 0 Å². The number of nitrogens with zero attached hydrogens (tertiary/aromatic N) is 3. The summed E-state index contributed by atoms with van der Waals surface area (Å²) >= 11 is 0. The Morgan fingerprint density at radius 3 is 2.46 bits per heavy atom. The minimum atomic E-state index is -0.372. The number of anilines is 2. The van der Waals surface area contributed by atoms with Gasteiger partial charge in [0.1, 0.15) is 5.82 Å². The normalized spacial score (nSPS) is 20.3. The Kier molecular flexibility index (Phi) is 4.78. The Labute approximate surface area is 154 Å². The van der Waals surface area contributed by atoms with E-state index in [1.807, 2.05) is 19.1 Å². The second-order valence-corrected chi connectivity index (χ2v) is 7.07. The maximum Gasteiger partial charge on any atom is 0.227 e. The van der Waals surface area contributed by atoms with Crippen LogP contribution in [-0.4, -0.2) is 42.1 Å². The van der Waals surface area contributed by atoms with Crippen LogP contribution in [0.3, 0.4) is 0 Å². The zero-order chi connectivity index (χ0) is 18.0. The lowest BCUT2D eigenvalue weighted by Crippen LogP contribution is -2.45. The Morgan fingerprint density at radius 2 is 1.77 bits per heavy atom.